The highest BCUT2D eigenvalue weighted by molar-refractivity contribution is 9.28. The molecule has 1 nitrogen and oxygen atoms in total. The number of rotatable bonds is 5. The van der Waals surface area contributed by atoms with Gasteiger partial charge in [0.15, 0.2) is 0 Å². The van der Waals surface area contributed by atoms with Crippen molar-refractivity contribution in [1.82, 2.24) is 0 Å². The monoisotopic (exact) mass is 444 g/mol. The first-order valence-corrected chi connectivity index (χ1v) is 12.1. The zero-order valence-corrected chi connectivity index (χ0v) is 18.5. The van der Waals surface area contributed by atoms with Crippen LogP contribution < -0.4 is 4.43 Å². The summed E-state index contributed by atoms with van der Waals surface area (Å²) >= 11 is 6.79. The Morgan fingerprint density at radius 2 is 1.82 bits per heavy atom. The van der Waals surface area contributed by atoms with Crippen molar-refractivity contribution >= 4 is 45.8 Å². The topological polar surface area (TPSA) is 9.23 Å². The molecule has 0 N–H and O–H groups in total. The Labute approximate surface area is 153 Å². The Morgan fingerprint density at radius 3 is 2.32 bits per heavy atom. The van der Waals surface area contributed by atoms with Gasteiger partial charge >= 0.3 is 0 Å². The lowest BCUT2D eigenvalue weighted by atomic mass is 10.0. The van der Waals surface area contributed by atoms with Gasteiger partial charge in [-0.2, -0.15) is 0 Å². The molecule has 0 fully saturated rings. The van der Waals surface area contributed by atoms with Crippen LogP contribution in [0.5, 0.6) is 5.75 Å². The highest BCUT2D eigenvalue weighted by Gasteiger charge is 2.38. The fourth-order valence-corrected chi connectivity index (χ4v) is 3.08. The lowest BCUT2D eigenvalue weighted by Crippen LogP contribution is -2.43. The minimum Gasteiger partial charge on any atom is -0.543 e. The minimum absolute atomic E-state index is 0.204. The first kappa shape index (κ1) is 19.7. The van der Waals surface area contributed by atoms with E-state index in [0.717, 1.165) is 15.6 Å². The summed E-state index contributed by atoms with van der Waals surface area (Å²) in [5.74, 6) is 0.977. The van der Waals surface area contributed by atoms with Crippen molar-refractivity contribution in [2.75, 3.05) is 0 Å². The summed E-state index contributed by atoms with van der Waals surface area (Å²) in [5, 5.41) is 0.204. The van der Waals surface area contributed by atoms with E-state index in [4.69, 9.17) is 4.43 Å². The molecule has 0 aliphatic rings. The van der Waals surface area contributed by atoms with Gasteiger partial charge in [0.1, 0.15) is 5.75 Å². The molecule has 1 aromatic carbocycles. The first-order valence-electron chi connectivity index (χ1n) is 7.58. The third kappa shape index (κ3) is 5.71. The van der Waals surface area contributed by atoms with Crippen molar-refractivity contribution in [2.45, 2.75) is 52.2 Å². The second kappa shape index (κ2) is 7.98. The van der Waals surface area contributed by atoms with Crippen LogP contribution in [0.4, 0.5) is 0 Å². The van der Waals surface area contributed by atoms with Crippen molar-refractivity contribution in [2.24, 2.45) is 0 Å². The first-order chi connectivity index (χ1) is 10.1. The van der Waals surface area contributed by atoms with E-state index in [9.17, 15) is 0 Å². The molecule has 1 rings (SSSR count). The predicted octanol–water partition coefficient (Wildman–Crippen LogP) is 7.50. The molecule has 0 amide bonds. The molecule has 0 heterocycles. The van der Waals surface area contributed by atoms with Crippen LogP contribution in [-0.4, -0.2) is 8.32 Å². The van der Waals surface area contributed by atoms with Crippen LogP contribution in [-0.2, 0) is 0 Å². The molecule has 0 saturated heterocycles. The third-order valence-corrected chi connectivity index (χ3v) is 9.06. The normalized spacial score (nSPS) is 13.0. The second-order valence-corrected chi connectivity index (χ2v) is 14.4. The summed E-state index contributed by atoms with van der Waals surface area (Å²) < 4.78 is 7.35. The summed E-state index contributed by atoms with van der Waals surface area (Å²) in [6, 6.07) is 8.44. The Kier molecular flexibility index (Phi) is 7.15. The van der Waals surface area contributed by atoms with Crippen molar-refractivity contribution in [3.8, 4) is 5.75 Å². The average Bonchev–Trinajstić information content (AvgIpc) is 2.37. The maximum Gasteiger partial charge on any atom is 0.250 e. The highest BCUT2D eigenvalue weighted by Crippen LogP contribution is 2.37. The minimum atomic E-state index is -1.80. The number of benzene rings is 1. The summed E-state index contributed by atoms with van der Waals surface area (Å²) in [6.45, 7) is 13.5. The van der Waals surface area contributed by atoms with Gasteiger partial charge in [0.05, 0.1) is 3.39 Å². The van der Waals surface area contributed by atoms with Gasteiger partial charge in [0.2, 0.25) is 8.32 Å². The van der Waals surface area contributed by atoms with E-state index in [2.05, 4.69) is 103 Å². The van der Waals surface area contributed by atoms with Crippen LogP contribution in [0.2, 0.25) is 18.1 Å². The van der Waals surface area contributed by atoms with Gasteiger partial charge in [0, 0.05) is 0 Å². The standard InChI is InChI=1S/C18H26Br2OSi/c1-7-14(11-12-17(19)20)15-9-8-10-16(13-15)21-22(5,6)18(2,3)4/h8-13H,7H2,1-6H3/b14-11+. The van der Waals surface area contributed by atoms with E-state index in [-0.39, 0.29) is 5.04 Å². The average molecular weight is 446 g/mol. The maximum atomic E-state index is 6.40. The summed E-state index contributed by atoms with van der Waals surface area (Å²) in [4.78, 5) is 0. The van der Waals surface area contributed by atoms with Crippen LogP contribution in [0.15, 0.2) is 39.8 Å². The molecule has 0 aliphatic heterocycles. The lowest BCUT2D eigenvalue weighted by molar-refractivity contribution is 0.492. The van der Waals surface area contributed by atoms with Crippen LogP contribution >= 0.6 is 31.9 Å². The fourth-order valence-electron chi connectivity index (χ4n) is 1.79. The van der Waals surface area contributed by atoms with Gasteiger partial charge in [0.25, 0.3) is 0 Å². The number of allylic oxidation sites excluding steroid dienone is 3. The molecule has 1 aromatic rings. The number of hydrogen-bond donors (Lipinski definition) is 0. The zero-order valence-electron chi connectivity index (χ0n) is 14.3. The SMILES string of the molecule is CC/C(=C\C=C(Br)Br)c1cccc(O[Si](C)(C)C(C)(C)C)c1. The molecule has 0 radical (unpaired) electrons. The van der Waals surface area contributed by atoms with Crippen LogP contribution in [0, 0.1) is 0 Å². The van der Waals surface area contributed by atoms with Crippen molar-refractivity contribution in [3.63, 3.8) is 0 Å². The van der Waals surface area contributed by atoms with E-state index in [1.165, 1.54) is 11.1 Å². The number of halogens is 2. The molecule has 0 unspecified atom stereocenters. The summed E-state index contributed by atoms with van der Waals surface area (Å²) in [6.07, 6.45) is 5.12. The van der Waals surface area contributed by atoms with Gasteiger partial charge < -0.3 is 4.43 Å². The smallest absolute Gasteiger partial charge is 0.250 e. The maximum absolute atomic E-state index is 6.40. The zero-order chi connectivity index (χ0) is 17.0. The fraction of sp³-hybridized carbons (Fsp3) is 0.444. The molecule has 0 atom stereocenters. The molecular weight excluding hydrogens is 420 g/mol. The third-order valence-electron chi connectivity index (χ3n) is 4.18. The van der Waals surface area contributed by atoms with Gasteiger partial charge in [-0.05, 0) is 85.8 Å². The Morgan fingerprint density at radius 1 is 1.18 bits per heavy atom. The van der Waals surface area contributed by atoms with Crippen LogP contribution in [0.1, 0.15) is 39.7 Å². The largest absolute Gasteiger partial charge is 0.543 e. The van der Waals surface area contributed by atoms with E-state index in [1.807, 2.05) is 6.08 Å². The molecule has 0 bridgehead atoms. The highest BCUT2D eigenvalue weighted by atomic mass is 79.9. The van der Waals surface area contributed by atoms with Crippen LogP contribution in [0.3, 0.4) is 0 Å². The summed E-state index contributed by atoms with van der Waals surface area (Å²) in [5.41, 5.74) is 2.51. The predicted molar refractivity (Wildman–Crippen MR) is 108 cm³/mol. The van der Waals surface area contributed by atoms with E-state index < -0.39 is 8.32 Å². The molecule has 0 saturated carbocycles. The molecular formula is C18H26Br2OSi. The van der Waals surface area contributed by atoms with Gasteiger partial charge in [-0.1, -0.05) is 45.9 Å². The molecule has 0 aliphatic carbocycles. The van der Waals surface area contributed by atoms with Crippen molar-refractivity contribution in [1.29, 1.82) is 0 Å². The molecule has 122 valence electrons. The second-order valence-electron chi connectivity index (χ2n) is 6.89. The van der Waals surface area contributed by atoms with E-state index in [0.29, 0.717) is 0 Å². The Bertz CT molecular complexity index is 565. The van der Waals surface area contributed by atoms with Gasteiger partial charge in [-0.15, -0.1) is 0 Å². The van der Waals surface area contributed by atoms with Gasteiger partial charge in [-0.3, -0.25) is 0 Å². The lowest BCUT2D eigenvalue weighted by Gasteiger charge is -2.36. The van der Waals surface area contributed by atoms with Crippen LogP contribution in [0.25, 0.3) is 5.57 Å². The number of hydrogen-bond acceptors (Lipinski definition) is 1. The quantitative estimate of drug-likeness (QED) is 0.336. The van der Waals surface area contributed by atoms with E-state index in [1.54, 1.807) is 0 Å². The van der Waals surface area contributed by atoms with Crippen molar-refractivity contribution < 1.29 is 4.43 Å². The molecule has 0 aromatic heterocycles. The molecule has 22 heavy (non-hydrogen) atoms. The summed E-state index contributed by atoms with van der Waals surface area (Å²) in [7, 11) is -1.80. The Balaban J connectivity index is 3.09. The van der Waals surface area contributed by atoms with Crippen molar-refractivity contribution in [3.05, 3.63) is 45.4 Å². The van der Waals surface area contributed by atoms with E-state index >= 15 is 0 Å². The Hall–Kier alpha value is -0.323. The molecule has 0 spiro atoms. The van der Waals surface area contributed by atoms with Gasteiger partial charge in [-0.25, -0.2) is 0 Å². The molecule has 4 heteroatoms.